The van der Waals surface area contributed by atoms with Crippen molar-refractivity contribution in [3.8, 4) is 0 Å². The Morgan fingerprint density at radius 3 is 3.25 bits per heavy atom. The van der Waals surface area contributed by atoms with Crippen molar-refractivity contribution in [2.75, 3.05) is 18.4 Å². The van der Waals surface area contributed by atoms with Gasteiger partial charge in [-0.25, -0.2) is 0 Å². The van der Waals surface area contributed by atoms with Crippen molar-refractivity contribution in [2.24, 2.45) is 5.92 Å². The molecule has 0 radical (unpaired) electrons. The van der Waals surface area contributed by atoms with Crippen LogP contribution in [-0.2, 0) is 4.79 Å². The molecule has 1 aromatic heterocycles. The van der Waals surface area contributed by atoms with Crippen molar-refractivity contribution in [2.45, 2.75) is 25.7 Å². The number of carbonyl (C=O) groups excluding carboxylic acids is 1. The predicted molar refractivity (Wildman–Crippen MR) is 79.6 cm³/mol. The summed E-state index contributed by atoms with van der Waals surface area (Å²) in [7, 11) is 0. The SMILES string of the molecule is O=C(CCC1CCCNC1)Nc1cccc2[nH]ncc12. The fraction of sp³-hybridized carbons (Fsp3) is 0.467. The first-order valence-electron chi connectivity index (χ1n) is 7.25. The monoisotopic (exact) mass is 272 g/mol. The van der Waals surface area contributed by atoms with E-state index in [0.717, 1.165) is 36.1 Å². The number of carbonyl (C=O) groups is 1. The quantitative estimate of drug-likeness (QED) is 0.799. The van der Waals surface area contributed by atoms with Crippen molar-refractivity contribution in [1.82, 2.24) is 15.5 Å². The third-order valence-corrected chi connectivity index (χ3v) is 3.94. The number of amides is 1. The highest BCUT2D eigenvalue weighted by Crippen LogP contribution is 2.22. The van der Waals surface area contributed by atoms with Gasteiger partial charge in [-0.15, -0.1) is 0 Å². The lowest BCUT2D eigenvalue weighted by atomic mass is 9.94. The second-order valence-electron chi connectivity index (χ2n) is 5.44. The van der Waals surface area contributed by atoms with Gasteiger partial charge in [0.05, 0.1) is 17.4 Å². The van der Waals surface area contributed by atoms with E-state index < -0.39 is 0 Å². The standard InChI is InChI=1S/C15H20N4O/c20-15(7-6-11-3-2-8-16-9-11)18-13-4-1-5-14-12(13)10-17-19-14/h1,4-5,10-11,16H,2-3,6-9H2,(H,17,19)(H,18,20). The molecule has 1 aliphatic rings. The number of hydrogen-bond acceptors (Lipinski definition) is 3. The van der Waals surface area contributed by atoms with Gasteiger partial charge in [0.1, 0.15) is 0 Å². The molecule has 1 aromatic carbocycles. The summed E-state index contributed by atoms with van der Waals surface area (Å²) in [5.74, 6) is 0.725. The summed E-state index contributed by atoms with van der Waals surface area (Å²) in [6.45, 7) is 2.16. The molecule has 5 nitrogen and oxygen atoms in total. The van der Waals surface area contributed by atoms with Crippen LogP contribution < -0.4 is 10.6 Å². The van der Waals surface area contributed by atoms with E-state index >= 15 is 0 Å². The van der Waals surface area contributed by atoms with E-state index in [2.05, 4.69) is 20.8 Å². The molecule has 1 unspecified atom stereocenters. The first-order chi connectivity index (χ1) is 9.83. The lowest BCUT2D eigenvalue weighted by molar-refractivity contribution is -0.116. The van der Waals surface area contributed by atoms with Gasteiger partial charge in [-0.05, 0) is 50.4 Å². The highest BCUT2D eigenvalue weighted by Gasteiger charge is 2.15. The van der Waals surface area contributed by atoms with Crippen molar-refractivity contribution in [1.29, 1.82) is 0 Å². The minimum atomic E-state index is 0.0873. The summed E-state index contributed by atoms with van der Waals surface area (Å²) >= 11 is 0. The molecule has 1 atom stereocenters. The van der Waals surface area contributed by atoms with E-state index in [1.54, 1.807) is 6.20 Å². The summed E-state index contributed by atoms with van der Waals surface area (Å²) in [6.07, 6.45) is 5.75. The molecule has 5 heteroatoms. The summed E-state index contributed by atoms with van der Waals surface area (Å²) in [4.78, 5) is 12.1. The molecule has 3 N–H and O–H groups in total. The van der Waals surface area contributed by atoms with Crippen molar-refractivity contribution < 1.29 is 4.79 Å². The smallest absolute Gasteiger partial charge is 0.224 e. The zero-order chi connectivity index (χ0) is 13.8. The highest BCUT2D eigenvalue weighted by molar-refractivity contribution is 6.00. The number of aromatic amines is 1. The molecule has 20 heavy (non-hydrogen) atoms. The fourth-order valence-corrected chi connectivity index (χ4v) is 2.80. The summed E-state index contributed by atoms with van der Waals surface area (Å²) in [5.41, 5.74) is 1.78. The van der Waals surface area contributed by atoms with Crippen LogP contribution >= 0.6 is 0 Å². The Labute approximate surface area is 118 Å². The van der Waals surface area contributed by atoms with E-state index in [-0.39, 0.29) is 5.91 Å². The van der Waals surface area contributed by atoms with Gasteiger partial charge in [-0.2, -0.15) is 5.10 Å². The Kier molecular flexibility index (Phi) is 3.97. The average Bonchev–Trinajstić information content (AvgIpc) is 2.96. The van der Waals surface area contributed by atoms with Crippen LogP contribution in [0.5, 0.6) is 0 Å². The van der Waals surface area contributed by atoms with E-state index in [9.17, 15) is 4.79 Å². The van der Waals surface area contributed by atoms with Crippen molar-refractivity contribution >= 4 is 22.5 Å². The number of fused-ring (bicyclic) bond motifs is 1. The summed E-state index contributed by atoms with van der Waals surface area (Å²) in [5, 5.41) is 14.2. The molecular formula is C15H20N4O. The zero-order valence-corrected chi connectivity index (χ0v) is 11.5. The predicted octanol–water partition coefficient (Wildman–Crippen LogP) is 2.28. The van der Waals surface area contributed by atoms with Crippen LogP contribution in [0, 0.1) is 5.92 Å². The lowest BCUT2D eigenvalue weighted by Gasteiger charge is -2.22. The number of anilines is 1. The van der Waals surface area contributed by atoms with Crippen LogP contribution in [-0.4, -0.2) is 29.2 Å². The molecular weight excluding hydrogens is 252 g/mol. The number of piperidine rings is 1. The molecule has 0 saturated carbocycles. The fourth-order valence-electron chi connectivity index (χ4n) is 2.80. The van der Waals surface area contributed by atoms with Crippen LogP contribution in [0.2, 0.25) is 0 Å². The second-order valence-corrected chi connectivity index (χ2v) is 5.44. The molecule has 1 fully saturated rings. The average molecular weight is 272 g/mol. The maximum Gasteiger partial charge on any atom is 0.224 e. The molecule has 1 amide bonds. The van der Waals surface area contributed by atoms with Gasteiger partial charge in [0, 0.05) is 11.8 Å². The number of hydrogen-bond donors (Lipinski definition) is 3. The minimum absolute atomic E-state index is 0.0873. The Hall–Kier alpha value is -1.88. The number of nitrogens with zero attached hydrogens (tertiary/aromatic N) is 1. The molecule has 1 aliphatic heterocycles. The van der Waals surface area contributed by atoms with Gasteiger partial charge in [-0.1, -0.05) is 6.07 Å². The number of benzene rings is 1. The van der Waals surface area contributed by atoms with Crippen LogP contribution in [0.25, 0.3) is 10.9 Å². The Morgan fingerprint density at radius 1 is 1.45 bits per heavy atom. The lowest BCUT2D eigenvalue weighted by Crippen LogP contribution is -2.30. The first-order valence-corrected chi connectivity index (χ1v) is 7.25. The van der Waals surface area contributed by atoms with Gasteiger partial charge in [0.2, 0.25) is 5.91 Å². The van der Waals surface area contributed by atoms with Gasteiger partial charge >= 0.3 is 0 Å². The summed E-state index contributed by atoms with van der Waals surface area (Å²) < 4.78 is 0. The van der Waals surface area contributed by atoms with Crippen LogP contribution in [0.1, 0.15) is 25.7 Å². The molecule has 0 bridgehead atoms. The number of H-pyrrole nitrogens is 1. The third-order valence-electron chi connectivity index (χ3n) is 3.94. The molecule has 2 aromatic rings. The number of aromatic nitrogens is 2. The topological polar surface area (TPSA) is 69.8 Å². The maximum absolute atomic E-state index is 12.1. The maximum atomic E-state index is 12.1. The molecule has 0 spiro atoms. The van der Waals surface area contributed by atoms with E-state index in [1.807, 2.05) is 18.2 Å². The van der Waals surface area contributed by atoms with E-state index in [4.69, 9.17) is 0 Å². The zero-order valence-electron chi connectivity index (χ0n) is 11.5. The number of rotatable bonds is 4. The molecule has 106 valence electrons. The Bertz CT molecular complexity index is 586. The third kappa shape index (κ3) is 2.99. The van der Waals surface area contributed by atoms with Gasteiger partial charge in [0.25, 0.3) is 0 Å². The van der Waals surface area contributed by atoms with Crippen LogP contribution in [0.3, 0.4) is 0 Å². The Morgan fingerprint density at radius 2 is 2.40 bits per heavy atom. The van der Waals surface area contributed by atoms with Crippen LogP contribution in [0.15, 0.2) is 24.4 Å². The molecule has 2 heterocycles. The highest BCUT2D eigenvalue weighted by atomic mass is 16.1. The second kappa shape index (κ2) is 6.05. The largest absolute Gasteiger partial charge is 0.325 e. The Balaban J connectivity index is 1.57. The molecule has 1 saturated heterocycles. The van der Waals surface area contributed by atoms with Gasteiger partial charge in [0.15, 0.2) is 0 Å². The molecule has 0 aliphatic carbocycles. The van der Waals surface area contributed by atoms with E-state index in [1.165, 1.54) is 12.8 Å². The minimum Gasteiger partial charge on any atom is -0.325 e. The van der Waals surface area contributed by atoms with E-state index in [0.29, 0.717) is 12.3 Å². The van der Waals surface area contributed by atoms with Gasteiger partial charge in [-0.3, -0.25) is 9.89 Å². The molecule has 3 rings (SSSR count). The summed E-state index contributed by atoms with van der Waals surface area (Å²) in [6, 6.07) is 5.78. The first kappa shape index (κ1) is 13.1. The van der Waals surface area contributed by atoms with Crippen molar-refractivity contribution in [3.63, 3.8) is 0 Å². The number of nitrogens with one attached hydrogen (secondary N) is 3. The van der Waals surface area contributed by atoms with Crippen molar-refractivity contribution in [3.05, 3.63) is 24.4 Å². The van der Waals surface area contributed by atoms with Crippen LogP contribution in [0.4, 0.5) is 5.69 Å². The normalized spacial score (nSPS) is 19.1. The van der Waals surface area contributed by atoms with Gasteiger partial charge < -0.3 is 10.6 Å².